The van der Waals surface area contributed by atoms with Gasteiger partial charge in [-0.15, -0.1) is 0 Å². The number of nitrogens with zero attached hydrogens (tertiary/aromatic N) is 2. The third kappa shape index (κ3) is 8.56. The predicted octanol–water partition coefficient (Wildman–Crippen LogP) is 4.63. The number of halogens is 1. The van der Waals surface area contributed by atoms with Crippen LogP contribution in [0.1, 0.15) is 79.6 Å². The van der Waals surface area contributed by atoms with E-state index >= 15 is 0 Å². The molecule has 4 aliphatic rings. The van der Waals surface area contributed by atoms with Crippen LogP contribution in [0.4, 0.5) is 4.79 Å². The summed E-state index contributed by atoms with van der Waals surface area (Å²) in [6.45, 7) is 9.03. The number of fused-ring (bicyclic) bond motifs is 3. The lowest BCUT2D eigenvalue weighted by atomic mass is 9.92. The minimum atomic E-state index is -3.91. The van der Waals surface area contributed by atoms with Gasteiger partial charge >= 0.3 is 6.09 Å². The summed E-state index contributed by atoms with van der Waals surface area (Å²) < 4.78 is 45.4. The van der Waals surface area contributed by atoms with E-state index in [1.807, 2.05) is 26.0 Å². The molecule has 2 aliphatic heterocycles. The lowest BCUT2D eigenvalue weighted by molar-refractivity contribution is -0.142. The van der Waals surface area contributed by atoms with Crippen molar-refractivity contribution in [2.45, 2.75) is 114 Å². The third-order valence-electron chi connectivity index (χ3n) is 10.6. The maximum atomic E-state index is 14.7. The molecule has 14 nitrogen and oxygen atoms in total. The summed E-state index contributed by atoms with van der Waals surface area (Å²) in [6.07, 6.45) is 7.03. The number of aromatic nitrogens is 1. The average molecular weight is 788 g/mol. The number of methoxy groups -OCH3 is 1. The van der Waals surface area contributed by atoms with Crippen LogP contribution in [0.5, 0.6) is 11.6 Å². The Hall–Kier alpha value is -4.11. The number of hydrogen-bond donors (Lipinski definition) is 3. The zero-order valence-corrected chi connectivity index (χ0v) is 33.1. The number of rotatable bonds is 7. The van der Waals surface area contributed by atoms with Gasteiger partial charge in [-0.1, -0.05) is 50.1 Å². The number of alkyl carbamates (subject to hydrolysis) is 1. The molecule has 1 aromatic heterocycles. The van der Waals surface area contributed by atoms with E-state index in [9.17, 15) is 27.6 Å². The molecule has 3 heterocycles. The van der Waals surface area contributed by atoms with Crippen LogP contribution in [0.25, 0.3) is 10.8 Å². The van der Waals surface area contributed by atoms with Crippen LogP contribution in [0.15, 0.2) is 36.5 Å². The second-order valence-electron chi connectivity index (χ2n) is 16.1. The number of amides is 4. The first-order valence-corrected chi connectivity index (χ1v) is 20.5. The van der Waals surface area contributed by atoms with Crippen LogP contribution in [0.2, 0.25) is 5.02 Å². The topological polar surface area (TPSA) is 182 Å². The van der Waals surface area contributed by atoms with Crippen LogP contribution in [0, 0.1) is 17.8 Å². The van der Waals surface area contributed by atoms with Crippen molar-refractivity contribution in [2.75, 3.05) is 13.7 Å². The number of hydrogen-bond acceptors (Lipinski definition) is 10. The molecule has 294 valence electrons. The van der Waals surface area contributed by atoms with Gasteiger partial charge in [0.25, 0.3) is 5.91 Å². The molecule has 2 aliphatic carbocycles. The first kappa shape index (κ1) is 39.6. The van der Waals surface area contributed by atoms with E-state index in [2.05, 4.69) is 20.3 Å². The van der Waals surface area contributed by atoms with E-state index < -0.39 is 74.3 Å². The molecule has 0 radical (unpaired) electrons. The Balaban J connectivity index is 1.35. The summed E-state index contributed by atoms with van der Waals surface area (Å²) in [5, 5.41) is 6.60. The molecule has 1 aromatic carbocycles. The maximum Gasteiger partial charge on any atom is 0.408 e. The molecule has 3 fully saturated rings. The molecule has 2 aromatic rings. The van der Waals surface area contributed by atoms with Gasteiger partial charge in [0.2, 0.25) is 27.7 Å². The van der Waals surface area contributed by atoms with Gasteiger partial charge in [0.15, 0.2) is 0 Å². The van der Waals surface area contributed by atoms with Crippen LogP contribution in [-0.2, 0) is 29.1 Å². The van der Waals surface area contributed by atoms with E-state index in [1.165, 1.54) is 18.2 Å². The molecule has 7 atom stereocenters. The van der Waals surface area contributed by atoms with Crippen molar-refractivity contribution in [1.82, 2.24) is 25.2 Å². The summed E-state index contributed by atoms with van der Waals surface area (Å²) in [7, 11) is -2.41. The van der Waals surface area contributed by atoms with Crippen LogP contribution in [-0.4, -0.2) is 90.3 Å². The highest BCUT2D eigenvalue weighted by Crippen LogP contribution is 2.46. The SMILES string of the molecule is COc1cnc(OC2CC3C(=O)NC4(C(=O)NS(=O)(=O)C5CC5)CC4C=CC(C)CCCC(C)C(NC(=O)OC(C)(C)C)C(=O)N3C2)c2cccc(Cl)c12. The van der Waals surface area contributed by atoms with E-state index in [-0.39, 0.29) is 37.1 Å². The highest BCUT2D eigenvalue weighted by Gasteiger charge is 2.62. The predicted molar refractivity (Wildman–Crippen MR) is 201 cm³/mol. The molecule has 1 saturated heterocycles. The van der Waals surface area contributed by atoms with Crippen LogP contribution in [0.3, 0.4) is 0 Å². The largest absolute Gasteiger partial charge is 0.494 e. The molecule has 2 saturated carbocycles. The van der Waals surface area contributed by atoms with Crippen molar-refractivity contribution < 1.29 is 41.8 Å². The maximum absolute atomic E-state index is 14.7. The van der Waals surface area contributed by atoms with Crippen molar-refractivity contribution in [1.29, 1.82) is 0 Å². The lowest BCUT2D eigenvalue weighted by Gasteiger charge is -2.32. The Bertz CT molecular complexity index is 1950. The summed E-state index contributed by atoms with van der Waals surface area (Å²) in [6, 6.07) is 3.04. The summed E-state index contributed by atoms with van der Waals surface area (Å²) in [4.78, 5) is 61.9. The second kappa shape index (κ2) is 15.2. The molecule has 7 unspecified atom stereocenters. The Labute approximate surface area is 321 Å². The van der Waals surface area contributed by atoms with E-state index in [0.717, 1.165) is 12.8 Å². The van der Waals surface area contributed by atoms with E-state index in [4.69, 9.17) is 25.8 Å². The Morgan fingerprint density at radius 2 is 1.83 bits per heavy atom. The molecule has 0 spiro atoms. The number of allylic oxidation sites excluding steroid dienone is 1. The number of carbonyl (C=O) groups excluding carboxylic acids is 4. The quantitative estimate of drug-likeness (QED) is 0.335. The third-order valence-corrected chi connectivity index (χ3v) is 12.7. The fourth-order valence-electron chi connectivity index (χ4n) is 7.36. The first-order chi connectivity index (χ1) is 25.4. The molecule has 6 rings (SSSR count). The smallest absolute Gasteiger partial charge is 0.408 e. The normalized spacial score (nSPS) is 29.2. The zero-order chi connectivity index (χ0) is 39.2. The molecular weight excluding hydrogens is 738 g/mol. The minimum Gasteiger partial charge on any atom is -0.494 e. The fraction of sp³-hybridized carbons (Fsp3) is 0.605. The lowest BCUT2D eigenvalue weighted by Crippen LogP contribution is -2.59. The van der Waals surface area contributed by atoms with Gasteiger partial charge in [-0.2, -0.15) is 0 Å². The van der Waals surface area contributed by atoms with Gasteiger partial charge in [-0.3, -0.25) is 19.1 Å². The second-order valence-corrected chi connectivity index (χ2v) is 18.5. The van der Waals surface area contributed by atoms with Crippen molar-refractivity contribution in [2.24, 2.45) is 17.8 Å². The molecule has 54 heavy (non-hydrogen) atoms. The molecule has 4 amide bonds. The van der Waals surface area contributed by atoms with Gasteiger partial charge in [0, 0.05) is 23.1 Å². The number of carbonyl (C=O) groups is 4. The number of nitrogens with one attached hydrogen (secondary N) is 3. The fourth-order valence-corrected chi connectivity index (χ4v) is 8.99. The van der Waals surface area contributed by atoms with Gasteiger partial charge in [-0.05, 0) is 76.8 Å². The molecule has 16 heteroatoms. The van der Waals surface area contributed by atoms with E-state index in [1.54, 1.807) is 39.0 Å². The van der Waals surface area contributed by atoms with Crippen molar-refractivity contribution in [3.8, 4) is 11.6 Å². The van der Waals surface area contributed by atoms with Gasteiger partial charge in [0.05, 0.1) is 30.1 Å². The Kier molecular flexibility index (Phi) is 11.1. The summed E-state index contributed by atoms with van der Waals surface area (Å²) in [5.41, 5.74) is -2.36. The number of ether oxygens (including phenoxy) is 3. The van der Waals surface area contributed by atoms with Crippen molar-refractivity contribution in [3.05, 3.63) is 41.6 Å². The summed E-state index contributed by atoms with van der Waals surface area (Å²) in [5.74, 6) is -2.01. The van der Waals surface area contributed by atoms with E-state index in [0.29, 0.717) is 40.8 Å². The zero-order valence-electron chi connectivity index (χ0n) is 31.5. The average Bonchev–Trinajstić information content (AvgIpc) is 4.02. The van der Waals surface area contributed by atoms with Crippen LogP contribution < -0.4 is 24.8 Å². The van der Waals surface area contributed by atoms with Gasteiger partial charge in [-0.25, -0.2) is 18.2 Å². The number of sulfonamides is 1. The monoisotopic (exact) mass is 787 g/mol. The Morgan fingerprint density at radius 1 is 1.09 bits per heavy atom. The Morgan fingerprint density at radius 3 is 2.52 bits per heavy atom. The van der Waals surface area contributed by atoms with Gasteiger partial charge in [0.1, 0.15) is 35.1 Å². The standard InChI is InChI=1S/C38H50ClN5O9S/c1-21-9-7-10-22(2)31(41-36(48)53-37(3,4)5)34(46)44-20-24(52-33-26-11-8-12-27(39)30(26)29(51-6)19-40-33)17-28(44)32(45)42-38(18-23(38)14-13-21)35(47)43-54(49,50)25-15-16-25/h8,11-14,19,21-25,28,31H,7,9-10,15-18,20H2,1-6H3,(H,41,48)(H,42,45)(H,43,47). The van der Waals surface area contributed by atoms with Crippen LogP contribution >= 0.6 is 11.6 Å². The summed E-state index contributed by atoms with van der Waals surface area (Å²) >= 11 is 6.54. The molecule has 3 N–H and O–H groups in total. The first-order valence-electron chi connectivity index (χ1n) is 18.6. The van der Waals surface area contributed by atoms with Crippen molar-refractivity contribution >= 4 is 56.2 Å². The molecule has 0 bridgehead atoms. The molecular formula is C38H50ClN5O9S. The number of pyridine rings is 1. The highest BCUT2D eigenvalue weighted by atomic mass is 35.5. The van der Waals surface area contributed by atoms with Crippen molar-refractivity contribution in [3.63, 3.8) is 0 Å². The van der Waals surface area contributed by atoms with Gasteiger partial charge < -0.3 is 29.7 Å². The number of benzene rings is 1. The highest BCUT2D eigenvalue weighted by molar-refractivity contribution is 7.91. The minimum absolute atomic E-state index is 0.0104.